The van der Waals surface area contributed by atoms with E-state index in [1.165, 1.54) is 0 Å². The first-order valence-electron chi connectivity index (χ1n) is 22.9. The Morgan fingerprint density at radius 2 is 1.75 bits per heavy atom. The van der Waals surface area contributed by atoms with Crippen LogP contribution in [-0.4, -0.2) is 97.6 Å². The van der Waals surface area contributed by atoms with Crippen LogP contribution < -0.4 is 10.6 Å². The van der Waals surface area contributed by atoms with Gasteiger partial charge in [0.2, 0.25) is 17.7 Å². The normalized spacial score (nSPS) is 17.6. The molecule has 14 nitrogen and oxygen atoms in total. The highest BCUT2D eigenvalue weighted by atomic mass is 35.5. The Balaban J connectivity index is 0.841. The van der Waals surface area contributed by atoms with Gasteiger partial charge in [-0.3, -0.25) is 28.6 Å². The topological polar surface area (TPSA) is 162 Å². The maximum Gasteiger partial charge on any atom is 0.246 e. The van der Waals surface area contributed by atoms with Crippen LogP contribution in [0.2, 0.25) is 10.8 Å². The number of carbonyl (C=O) groups excluding carboxylic acids is 3. The van der Waals surface area contributed by atoms with Crippen LogP contribution in [-0.2, 0) is 25.7 Å². The quantitative estimate of drug-likeness (QED) is 0.0689. The summed E-state index contributed by atoms with van der Waals surface area (Å²) in [7, 11) is 2.04. The second-order valence-electron chi connectivity index (χ2n) is 18.8. The number of halogens is 1. The predicted octanol–water partition coefficient (Wildman–Crippen LogP) is 7.38. The molecule has 2 aliphatic heterocycles. The van der Waals surface area contributed by atoms with Crippen molar-refractivity contribution in [3.63, 3.8) is 0 Å². The third kappa shape index (κ3) is 10.5. The Hall–Kier alpha value is -5.93. The third-order valence-electron chi connectivity index (χ3n) is 12.4. The van der Waals surface area contributed by atoms with E-state index >= 15 is 0 Å². The number of nitrogens with zero attached hydrogens (tertiary/aromatic N) is 8. The molecule has 1 unspecified atom stereocenters. The summed E-state index contributed by atoms with van der Waals surface area (Å²) < 4.78 is 9.68. The van der Waals surface area contributed by atoms with Crippen LogP contribution in [0.1, 0.15) is 110 Å². The van der Waals surface area contributed by atoms with Crippen LogP contribution in [0.15, 0.2) is 71.4 Å². The summed E-state index contributed by atoms with van der Waals surface area (Å²) in [6.07, 6.45) is 4.77. The van der Waals surface area contributed by atoms with Crippen molar-refractivity contribution < 1.29 is 19.1 Å². The summed E-state index contributed by atoms with van der Waals surface area (Å²) >= 11 is 9.44. The zero-order valence-electron chi connectivity index (χ0n) is 39.9. The first kappa shape index (κ1) is 48.5. The lowest BCUT2D eigenvalue weighted by molar-refractivity contribution is -0.144. The molecule has 4 aromatic heterocycles. The van der Waals surface area contributed by atoms with Gasteiger partial charge in [-0.2, -0.15) is 5.10 Å². The fraction of sp³-hybridized carbons (Fsp3) is 0.400. The van der Waals surface area contributed by atoms with Crippen LogP contribution in [0.3, 0.4) is 0 Å². The summed E-state index contributed by atoms with van der Waals surface area (Å²) in [6, 6.07) is 13.9. The van der Waals surface area contributed by atoms with Crippen molar-refractivity contribution in [2.75, 3.05) is 19.8 Å². The molecule has 6 aromatic rings. The molecule has 2 aliphatic rings. The number of rotatable bonds is 13. The monoisotopic (exact) mass is 970 g/mol. The maximum atomic E-state index is 14.2. The number of amides is 3. The number of likely N-dealkylation sites (tertiary alicyclic amines) is 1. The molecule has 0 bridgehead atoms. The van der Waals surface area contributed by atoms with Crippen LogP contribution in [0, 0.1) is 38.0 Å². The second kappa shape index (κ2) is 20.3. The van der Waals surface area contributed by atoms with E-state index in [-0.39, 0.29) is 36.3 Å². The van der Waals surface area contributed by atoms with Gasteiger partial charge in [0.05, 0.1) is 44.5 Å². The Bertz CT molecular complexity index is 2920. The van der Waals surface area contributed by atoms with Gasteiger partial charge in [0, 0.05) is 42.0 Å². The molecule has 3 amide bonds. The van der Waals surface area contributed by atoms with Crippen LogP contribution in [0.5, 0.6) is 0 Å². The fourth-order valence-corrected chi connectivity index (χ4v) is 10.9. The fourth-order valence-electron chi connectivity index (χ4n) is 8.72. The summed E-state index contributed by atoms with van der Waals surface area (Å²) in [4.78, 5) is 54.5. The van der Waals surface area contributed by atoms with E-state index in [2.05, 4.69) is 54.2 Å². The van der Waals surface area contributed by atoms with Gasteiger partial charge in [0.25, 0.3) is 0 Å². The highest BCUT2D eigenvalue weighted by molar-refractivity contribution is 7.15. The molecule has 5 atom stereocenters. The first-order valence-corrected chi connectivity index (χ1v) is 25.0. The van der Waals surface area contributed by atoms with Gasteiger partial charge in [0.1, 0.15) is 43.4 Å². The minimum atomic E-state index is -0.859. The number of carbonyl (C=O) groups is 3. The molecular formula is C50H56BClN10O4S2. The number of hydrogen-bond acceptors (Lipinski definition) is 11. The number of fused-ring (bicyclic) bond motifs is 3. The van der Waals surface area contributed by atoms with E-state index in [0.717, 1.165) is 71.2 Å². The number of thiazole rings is 1. The van der Waals surface area contributed by atoms with E-state index in [1.807, 2.05) is 121 Å². The lowest BCUT2D eigenvalue weighted by Crippen LogP contribution is -2.58. The lowest BCUT2D eigenvalue weighted by Gasteiger charge is -2.35. The van der Waals surface area contributed by atoms with Gasteiger partial charge in [-0.15, -0.1) is 32.9 Å². The number of ether oxygens (including phenoxy) is 1. The van der Waals surface area contributed by atoms with Gasteiger partial charge in [-0.25, -0.2) is 4.98 Å². The van der Waals surface area contributed by atoms with Crippen molar-refractivity contribution >= 4 is 65.6 Å². The molecule has 2 N–H and O–H groups in total. The SMILES string of the molecule is BC1C[C@@H](C(=O)N[C@@H](C)c2ccc(-c3scnc3C)cc2)N(C(=O)[C@@H](NC(=O)COCCCn2cc(C#Cc3sc4c(c3C)C(c3ccc(Cl)cc3)=N[C@@H](C)c3nnc(C)n3-4)cn2)C(C)(C)C)C1. The number of thiophene rings is 1. The van der Waals surface area contributed by atoms with Gasteiger partial charge < -0.3 is 20.3 Å². The minimum Gasteiger partial charge on any atom is -0.372 e. The van der Waals surface area contributed by atoms with Crippen LogP contribution in [0.4, 0.5) is 0 Å². The van der Waals surface area contributed by atoms with E-state index in [4.69, 9.17) is 21.3 Å². The zero-order chi connectivity index (χ0) is 48.4. The summed E-state index contributed by atoms with van der Waals surface area (Å²) in [5.74, 6) is 7.49. The predicted molar refractivity (Wildman–Crippen MR) is 271 cm³/mol. The molecule has 0 radical (unpaired) electrons. The third-order valence-corrected chi connectivity index (χ3v) is 14.8. The summed E-state index contributed by atoms with van der Waals surface area (Å²) in [5, 5.41) is 21.1. The van der Waals surface area contributed by atoms with Gasteiger partial charge in [-0.05, 0) is 87.5 Å². The summed E-state index contributed by atoms with van der Waals surface area (Å²) in [5.41, 5.74) is 8.86. The van der Waals surface area contributed by atoms with E-state index < -0.39 is 23.4 Å². The van der Waals surface area contributed by atoms with Crippen molar-refractivity contribution in [3.8, 4) is 27.3 Å². The molecular weight excluding hydrogens is 915 g/mol. The maximum absolute atomic E-state index is 14.2. The Morgan fingerprint density at radius 1 is 1.01 bits per heavy atom. The molecule has 8 rings (SSSR count). The van der Waals surface area contributed by atoms with Crippen molar-refractivity contribution in [3.05, 3.63) is 121 Å². The molecule has 2 aromatic carbocycles. The van der Waals surface area contributed by atoms with Crippen LogP contribution in [0.25, 0.3) is 15.4 Å². The van der Waals surface area contributed by atoms with Gasteiger partial charge in [0.15, 0.2) is 5.82 Å². The molecule has 6 heterocycles. The first-order chi connectivity index (χ1) is 32.5. The minimum absolute atomic E-state index is 0.119. The number of aryl methyl sites for hydroxylation is 3. The molecule has 0 spiro atoms. The van der Waals surface area contributed by atoms with Crippen molar-refractivity contribution in [1.29, 1.82) is 0 Å². The van der Waals surface area contributed by atoms with Crippen molar-refractivity contribution in [2.24, 2.45) is 10.4 Å². The van der Waals surface area contributed by atoms with E-state index in [0.29, 0.717) is 37.6 Å². The zero-order valence-corrected chi connectivity index (χ0v) is 42.3. The van der Waals surface area contributed by atoms with Crippen LogP contribution >= 0.6 is 34.3 Å². The van der Waals surface area contributed by atoms with Gasteiger partial charge in [-0.1, -0.05) is 80.6 Å². The average Bonchev–Trinajstić information content (AvgIpc) is 4.15. The van der Waals surface area contributed by atoms with E-state index in [9.17, 15) is 14.4 Å². The number of benzene rings is 2. The smallest absolute Gasteiger partial charge is 0.246 e. The lowest BCUT2D eigenvalue weighted by atomic mass is 9.85. The largest absolute Gasteiger partial charge is 0.372 e. The highest BCUT2D eigenvalue weighted by Crippen LogP contribution is 2.39. The Morgan fingerprint density at radius 3 is 2.46 bits per heavy atom. The molecule has 1 saturated heterocycles. The molecule has 68 heavy (non-hydrogen) atoms. The Labute approximate surface area is 411 Å². The summed E-state index contributed by atoms with van der Waals surface area (Å²) in [6.45, 7) is 16.8. The molecule has 0 saturated carbocycles. The Kier molecular flexibility index (Phi) is 14.5. The van der Waals surface area contributed by atoms with Gasteiger partial charge >= 0.3 is 0 Å². The van der Waals surface area contributed by atoms with Crippen molar-refractivity contribution in [2.45, 2.75) is 105 Å². The number of aliphatic imine (C=N–C) groups is 1. The number of aromatic nitrogens is 6. The second-order valence-corrected chi connectivity index (χ2v) is 21.1. The highest BCUT2D eigenvalue weighted by Gasteiger charge is 2.44. The van der Waals surface area contributed by atoms with Crippen molar-refractivity contribution in [1.82, 2.24) is 45.1 Å². The standard InChI is InChI=1S/C50H56BClN10O4S2/c1-28-40(68-49-42(28)43(35-15-17-38(52)18-16-35)55-31(4)46-59-58-32(5)62(46)49)19-10-33-23-54-60(24-33)20-9-21-66-26-41(63)57-45(50(6,7)8)48(65)61-25-37(51)22-39(61)47(64)56-29(2)34-11-13-36(14-12-34)44-30(3)53-27-67-44/h11-18,23-24,27,29,31,37,39,45H,9,20-22,25-26,51H2,1-8H3,(H,56,64)(H,57,63)/t29-,31-,37?,39-,45+/m0/s1. The van der Waals surface area contributed by atoms with E-state index in [1.54, 1.807) is 33.8 Å². The molecule has 1 fully saturated rings. The molecule has 352 valence electrons. The molecule has 18 heteroatoms. The average molecular weight is 971 g/mol. The number of hydrogen-bond donors (Lipinski definition) is 2. The molecule has 0 aliphatic carbocycles. The number of nitrogens with one attached hydrogen (secondary N) is 2.